The average molecular weight is 476 g/mol. The lowest BCUT2D eigenvalue weighted by Crippen LogP contribution is -2.55. The second kappa shape index (κ2) is 7.10. The van der Waals surface area contributed by atoms with Gasteiger partial charge in [0.25, 0.3) is 15.9 Å². The van der Waals surface area contributed by atoms with E-state index in [1.165, 1.54) is 13.1 Å². The number of halogens is 2. The number of carbonyl (C=O) groups is 1. The molecule has 4 rings (SSSR count). The van der Waals surface area contributed by atoms with E-state index in [9.17, 15) is 13.2 Å². The molecule has 9 nitrogen and oxygen atoms in total. The molecule has 2 aromatic rings. The van der Waals surface area contributed by atoms with Crippen LogP contribution in [0.3, 0.4) is 0 Å². The van der Waals surface area contributed by atoms with Gasteiger partial charge in [-0.1, -0.05) is 29.3 Å². The lowest BCUT2D eigenvalue weighted by atomic mass is 9.97. The molecule has 2 aromatic heterocycles. The average Bonchev–Trinajstić information content (AvgIpc) is 3.25. The highest BCUT2D eigenvalue weighted by Gasteiger charge is 2.59. The number of nitrogens with two attached hydrogens (primary N) is 1. The Morgan fingerprint density at radius 3 is 2.93 bits per heavy atom. The summed E-state index contributed by atoms with van der Waals surface area (Å²) in [6, 6.07) is 6.29. The Balaban J connectivity index is 1.73. The van der Waals surface area contributed by atoms with Gasteiger partial charge >= 0.3 is 0 Å². The smallest absolute Gasteiger partial charge is 0.267 e. The van der Waals surface area contributed by atoms with Gasteiger partial charge in [0, 0.05) is 13.5 Å². The summed E-state index contributed by atoms with van der Waals surface area (Å²) in [6.45, 7) is 0.163. The lowest BCUT2D eigenvalue weighted by molar-refractivity contribution is 0.103. The fraction of sp³-hybridized carbons (Fsp3) is 0.312. The molecule has 4 heterocycles. The number of fused-ring (bicyclic) bond motifs is 1. The largest absolute Gasteiger partial charge is 0.369 e. The second-order valence-electron chi connectivity index (χ2n) is 6.45. The molecule has 0 saturated carbocycles. The minimum Gasteiger partial charge on any atom is -0.369 e. The van der Waals surface area contributed by atoms with Crippen LogP contribution in [0.5, 0.6) is 0 Å². The predicted molar refractivity (Wildman–Crippen MR) is 111 cm³/mol. The van der Waals surface area contributed by atoms with Crippen LogP contribution in [0, 0.1) is 0 Å². The molecule has 29 heavy (non-hydrogen) atoms. The molecular weight excluding hydrogens is 461 g/mol. The van der Waals surface area contributed by atoms with Crippen LogP contribution in [0.15, 0.2) is 29.3 Å². The van der Waals surface area contributed by atoms with Crippen LogP contribution >= 0.6 is 34.5 Å². The van der Waals surface area contributed by atoms with Gasteiger partial charge in [0.1, 0.15) is 16.5 Å². The highest BCUT2D eigenvalue weighted by atomic mass is 35.5. The molecule has 1 fully saturated rings. The summed E-state index contributed by atoms with van der Waals surface area (Å²) in [5.41, 5.74) is 3.30. The number of hydrogen-bond donors (Lipinski definition) is 2. The van der Waals surface area contributed by atoms with Gasteiger partial charge in [-0.25, -0.2) is 22.7 Å². The number of nitrogens with zero attached hydrogens (tertiary/aromatic N) is 3. The molecule has 13 heteroatoms. The van der Waals surface area contributed by atoms with Gasteiger partial charge in [0.05, 0.1) is 21.4 Å². The number of thiophene rings is 1. The van der Waals surface area contributed by atoms with E-state index >= 15 is 0 Å². The van der Waals surface area contributed by atoms with E-state index in [0.29, 0.717) is 4.88 Å². The summed E-state index contributed by atoms with van der Waals surface area (Å²) in [4.78, 5) is 21.8. The molecule has 3 N–H and O–H groups in total. The van der Waals surface area contributed by atoms with E-state index in [1.54, 1.807) is 18.2 Å². The van der Waals surface area contributed by atoms with Crippen LogP contribution in [-0.4, -0.2) is 48.7 Å². The van der Waals surface area contributed by atoms with Crippen molar-refractivity contribution in [2.45, 2.75) is 17.4 Å². The quantitative estimate of drug-likeness (QED) is 0.655. The Morgan fingerprint density at radius 2 is 2.21 bits per heavy atom. The first-order valence-corrected chi connectivity index (χ1v) is 11.4. The van der Waals surface area contributed by atoms with E-state index in [2.05, 4.69) is 15.3 Å². The molecule has 2 unspecified atom stereocenters. The standard InChI is InChI=1S/C16H15Cl2N5O4S2/c1-23-15(19)22-16(5-6-27-14(16)29(23,25)26)12-8(17)7-9(28-12)13(24)21-11-4-2-3-10(18)20-11/h2-4,7,14H,5-6H2,1H3,(H2,19,22)(H,20,21,24). The number of amides is 1. The van der Waals surface area contributed by atoms with Gasteiger partial charge in [-0.05, 0) is 18.2 Å². The normalized spacial score (nSPS) is 25.4. The first kappa shape index (κ1) is 20.4. The van der Waals surface area contributed by atoms with Crippen molar-refractivity contribution in [3.05, 3.63) is 44.2 Å². The van der Waals surface area contributed by atoms with E-state index in [4.69, 9.17) is 33.7 Å². The Hall–Kier alpha value is -1.92. The molecule has 1 amide bonds. The van der Waals surface area contributed by atoms with Gasteiger partial charge in [-0.15, -0.1) is 11.3 Å². The third-order valence-corrected chi connectivity index (χ3v) is 8.63. The summed E-state index contributed by atoms with van der Waals surface area (Å²) < 4.78 is 32.0. The van der Waals surface area contributed by atoms with Gasteiger partial charge in [0.2, 0.25) is 11.4 Å². The Bertz CT molecular complexity index is 1140. The second-order valence-corrected chi connectivity index (χ2v) is 10.3. The number of ether oxygens (including phenoxy) is 1. The van der Waals surface area contributed by atoms with Gasteiger partial charge in [0.15, 0.2) is 0 Å². The molecule has 0 aliphatic carbocycles. The van der Waals surface area contributed by atoms with Crippen LogP contribution in [-0.2, 0) is 20.3 Å². The van der Waals surface area contributed by atoms with E-state index in [1.807, 2.05) is 0 Å². The summed E-state index contributed by atoms with van der Waals surface area (Å²) in [5.74, 6) is -0.346. The number of aromatic nitrogens is 1. The number of pyridine rings is 1. The van der Waals surface area contributed by atoms with Crippen molar-refractivity contribution in [2.24, 2.45) is 10.7 Å². The molecule has 154 valence electrons. The highest BCUT2D eigenvalue weighted by Crippen LogP contribution is 2.50. The monoisotopic (exact) mass is 475 g/mol. The van der Waals surface area contributed by atoms with Crippen LogP contribution in [0.25, 0.3) is 0 Å². The molecular formula is C16H15Cl2N5O4S2. The highest BCUT2D eigenvalue weighted by molar-refractivity contribution is 7.90. The molecule has 0 radical (unpaired) electrons. The van der Waals surface area contributed by atoms with E-state index in [-0.39, 0.29) is 39.9 Å². The van der Waals surface area contributed by atoms with Crippen molar-refractivity contribution < 1.29 is 17.9 Å². The van der Waals surface area contributed by atoms with E-state index < -0.39 is 26.9 Å². The number of carbonyl (C=O) groups excluding carboxylic acids is 1. The SMILES string of the molecule is CN1C(N)=NC2(c3sc(C(=O)Nc4cccc(Cl)n4)cc3Cl)CCOC2S1(=O)=O. The summed E-state index contributed by atoms with van der Waals surface area (Å²) in [6.07, 6.45) is 0.266. The first-order valence-electron chi connectivity index (χ1n) is 8.33. The minimum absolute atomic E-state index is 0.162. The molecule has 0 bridgehead atoms. The van der Waals surface area contributed by atoms with Crippen molar-refractivity contribution >= 4 is 62.2 Å². The Morgan fingerprint density at radius 1 is 1.45 bits per heavy atom. The van der Waals surface area contributed by atoms with Crippen LogP contribution in [0.1, 0.15) is 21.0 Å². The number of nitrogens with one attached hydrogen (secondary N) is 1. The van der Waals surface area contributed by atoms with Crippen LogP contribution in [0.4, 0.5) is 5.82 Å². The molecule has 1 saturated heterocycles. The fourth-order valence-corrected chi connectivity index (χ4v) is 6.73. The number of guanidine groups is 1. The lowest BCUT2D eigenvalue weighted by Gasteiger charge is -2.37. The van der Waals surface area contributed by atoms with Crippen LogP contribution in [0.2, 0.25) is 10.2 Å². The maximum absolute atomic E-state index is 12.8. The summed E-state index contributed by atoms with van der Waals surface area (Å²) in [7, 11) is -2.59. The zero-order valence-electron chi connectivity index (χ0n) is 14.9. The maximum atomic E-state index is 12.8. The van der Waals surface area contributed by atoms with Crippen molar-refractivity contribution in [3.8, 4) is 0 Å². The maximum Gasteiger partial charge on any atom is 0.267 e. The molecule has 2 atom stereocenters. The topological polar surface area (TPSA) is 127 Å². The minimum atomic E-state index is -3.90. The number of rotatable bonds is 3. The fourth-order valence-electron chi connectivity index (χ4n) is 3.27. The Labute approximate surface area is 180 Å². The molecule has 2 aliphatic rings. The van der Waals surface area contributed by atoms with E-state index in [0.717, 1.165) is 15.6 Å². The molecule has 2 aliphatic heterocycles. The number of anilines is 1. The van der Waals surface area contributed by atoms with Gasteiger partial charge in [-0.3, -0.25) is 4.79 Å². The molecule has 0 spiro atoms. The van der Waals surface area contributed by atoms with Crippen molar-refractivity contribution in [2.75, 3.05) is 19.0 Å². The first-order chi connectivity index (χ1) is 13.6. The van der Waals surface area contributed by atoms with Crippen molar-refractivity contribution in [1.82, 2.24) is 9.29 Å². The Kier molecular flexibility index (Phi) is 4.98. The third-order valence-electron chi connectivity index (χ3n) is 4.69. The summed E-state index contributed by atoms with van der Waals surface area (Å²) >= 11 is 13.3. The van der Waals surface area contributed by atoms with Gasteiger partial charge < -0.3 is 15.8 Å². The van der Waals surface area contributed by atoms with Crippen LogP contribution < -0.4 is 11.1 Å². The van der Waals surface area contributed by atoms with Crippen molar-refractivity contribution in [3.63, 3.8) is 0 Å². The predicted octanol–water partition coefficient (Wildman–Crippen LogP) is 2.23. The zero-order chi connectivity index (χ0) is 21.0. The van der Waals surface area contributed by atoms with Gasteiger partial charge in [-0.2, -0.15) is 0 Å². The number of aliphatic imine (C=N–C) groups is 1. The number of sulfonamides is 1. The third kappa shape index (κ3) is 3.26. The van der Waals surface area contributed by atoms with Crippen molar-refractivity contribution in [1.29, 1.82) is 0 Å². The molecule has 0 aromatic carbocycles. The number of hydrogen-bond acceptors (Lipinski definition) is 8. The summed E-state index contributed by atoms with van der Waals surface area (Å²) in [5, 5.41) is 3.08. The zero-order valence-corrected chi connectivity index (χ0v) is 18.1.